The van der Waals surface area contributed by atoms with E-state index in [2.05, 4.69) is 9.57 Å². The summed E-state index contributed by atoms with van der Waals surface area (Å²) in [7, 11) is 0. The van der Waals surface area contributed by atoms with Gasteiger partial charge in [0.1, 0.15) is 6.54 Å². The fourth-order valence-electron chi connectivity index (χ4n) is 0.547. The van der Waals surface area contributed by atoms with E-state index < -0.39 is 25.3 Å². The van der Waals surface area contributed by atoms with Gasteiger partial charge >= 0.3 is 12.1 Å². The van der Waals surface area contributed by atoms with Crippen molar-refractivity contribution in [3.8, 4) is 0 Å². The fourth-order valence-corrected chi connectivity index (χ4v) is 0.547. The number of hydrogen-bond acceptors (Lipinski definition) is 4. The first-order valence-corrected chi connectivity index (χ1v) is 3.92. The van der Waals surface area contributed by atoms with Crippen LogP contribution in [0.5, 0.6) is 0 Å². The lowest BCUT2D eigenvalue weighted by molar-refractivity contribution is -0.192. The van der Waals surface area contributed by atoms with Gasteiger partial charge in [-0.3, -0.25) is 9.63 Å². The molecule has 0 fully saturated rings. The van der Waals surface area contributed by atoms with E-state index >= 15 is 0 Å². The molecule has 0 aromatic heterocycles. The highest BCUT2D eigenvalue weighted by molar-refractivity contribution is 5.71. The molecule has 84 valence electrons. The minimum atomic E-state index is -4.41. The third kappa shape index (κ3) is 9.27. The van der Waals surface area contributed by atoms with E-state index in [1.807, 2.05) is 5.48 Å². The zero-order valence-electron chi connectivity index (χ0n) is 7.85. The Kier molecular flexibility index (Phi) is 5.47. The Morgan fingerprint density at radius 3 is 2.43 bits per heavy atom. The van der Waals surface area contributed by atoms with E-state index in [4.69, 9.17) is 0 Å². The normalized spacial score (nSPS) is 11.9. The Morgan fingerprint density at radius 2 is 2.00 bits per heavy atom. The summed E-state index contributed by atoms with van der Waals surface area (Å²) in [5.41, 5.74) is 1.85. The van der Waals surface area contributed by atoms with Crippen LogP contribution in [-0.2, 0) is 14.4 Å². The first-order valence-electron chi connectivity index (χ1n) is 3.92. The molecule has 0 rings (SSSR count). The smallest absolute Gasteiger partial charge is 0.413 e. The number of halogens is 3. The standard InChI is InChI=1S/C7H12F3NO3/c1-5(2)14-6(12)3-11-13-4-7(8,9)10/h5,11H,3-4H2,1-2H3. The summed E-state index contributed by atoms with van der Waals surface area (Å²) in [6.45, 7) is 1.42. The van der Waals surface area contributed by atoms with Gasteiger partial charge in [-0.05, 0) is 13.8 Å². The summed E-state index contributed by atoms with van der Waals surface area (Å²) < 4.78 is 39.1. The van der Waals surface area contributed by atoms with E-state index in [1.54, 1.807) is 13.8 Å². The number of alkyl halides is 3. The highest BCUT2D eigenvalue weighted by atomic mass is 19.4. The lowest BCUT2D eigenvalue weighted by atomic mass is 10.5. The molecule has 0 aromatic carbocycles. The van der Waals surface area contributed by atoms with Gasteiger partial charge in [0.25, 0.3) is 0 Å². The molecule has 0 amide bonds. The van der Waals surface area contributed by atoms with Crippen molar-refractivity contribution < 1.29 is 27.5 Å². The summed E-state index contributed by atoms with van der Waals surface area (Å²) in [6.07, 6.45) is -4.71. The van der Waals surface area contributed by atoms with Crippen molar-refractivity contribution in [2.24, 2.45) is 0 Å². The summed E-state index contributed by atoms with van der Waals surface area (Å²) >= 11 is 0. The Labute approximate surface area is 79.3 Å². The average molecular weight is 215 g/mol. The van der Waals surface area contributed by atoms with E-state index in [9.17, 15) is 18.0 Å². The lowest BCUT2D eigenvalue weighted by Gasteiger charge is -2.09. The quantitative estimate of drug-likeness (QED) is 0.422. The molecule has 14 heavy (non-hydrogen) atoms. The van der Waals surface area contributed by atoms with Gasteiger partial charge < -0.3 is 4.74 Å². The van der Waals surface area contributed by atoms with Crippen molar-refractivity contribution in [2.75, 3.05) is 13.2 Å². The highest BCUT2D eigenvalue weighted by Crippen LogP contribution is 2.13. The fraction of sp³-hybridized carbons (Fsp3) is 0.857. The predicted octanol–water partition coefficient (Wildman–Crippen LogP) is 1.02. The monoisotopic (exact) mass is 215 g/mol. The first-order chi connectivity index (χ1) is 6.31. The average Bonchev–Trinajstić information content (AvgIpc) is 1.95. The molecule has 0 aliphatic heterocycles. The van der Waals surface area contributed by atoms with Crippen molar-refractivity contribution in [3.05, 3.63) is 0 Å². The molecule has 0 aliphatic carbocycles. The maximum atomic E-state index is 11.5. The molecule has 0 saturated heterocycles. The molecule has 0 aliphatic rings. The Balaban J connectivity index is 3.41. The summed E-state index contributed by atoms with van der Waals surface area (Å²) in [6, 6.07) is 0. The minimum Gasteiger partial charge on any atom is -0.462 e. The second-order valence-electron chi connectivity index (χ2n) is 2.76. The van der Waals surface area contributed by atoms with E-state index in [1.165, 1.54) is 0 Å². The number of nitrogens with one attached hydrogen (secondary N) is 1. The van der Waals surface area contributed by atoms with Crippen molar-refractivity contribution in [3.63, 3.8) is 0 Å². The molecule has 0 atom stereocenters. The molecule has 0 aromatic rings. The molecule has 0 heterocycles. The maximum Gasteiger partial charge on any atom is 0.413 e. The summed E-state index contributed by atoms with van der Waals surface area (Å²) in [5.74, 6) is -0.665. The van der Waals surface area contributed by atoms with Crippen LogP contribution in [0.3, 0.4) is 0 Å². The van der Waals surface area contributed by atoms with Gasteiger partial charge in [0.05, 0.1) is 6.10 Å². The van der Waals surface area contributed by atoms with Crippen molar-refractivity contribution in [2.45, 2.75) is 26.1 Å². The van der Waals surface area contributed by atoms with Crippen molar-refractivity contribution in [1.29, 1.82) is 0 Å². The van der Waals surface area contributed by atoms with Gasteiger partial charge in [-0.1, -0.05) is 0 Å². The van der Waals surface area contributed by atoms with E-state index in [0.29, 0.717) is 0 Å². The van der Waals surface area contributed by atoms with Gasteiger partial charge in [0, 0.05) is 0 Å². The molecule has 0 bridgehead atoms. The van der Waals surface area contributed by atoms with Crippen LogP contribution >= 0.6 is 0 Å². The highest BCUT2D eigenvalue weighted by Gasteiger charge is 2.27. The number of hydrogen-bond donors (Lipinski definition) is 1. The molecular weight excluding hydrogens is 203 g/mol. The molecule has 0 radical (unpaired) electrons. The third-order valence-corrected chi connectivity index (χ3v) is 0.922. The third-order valence-electron chi connectivity index (χ3n) is 0.922. The van der Waals surface area contributed by atoms with E-state index in [0.717, 1.165) is 0 Å². The van der Waals surface area contributed by atoms with Crippen LogP contribution in [0.4, 0.5) is 13.2 Å². The second-order valence-corrected chi connectivity index (χ2v) is 2.76. The van der Waals surface area contributed by atoms with Crippen molar-refractivity contribution >= 4 is 5.97 Å². The van der Waals surface area contributed by atoms with E-state index in [-0.39, 0.29) is 6.10 Å². The zero-order valence-corrected chi connectivity index (χ0v) is 7.85. The molecule has 0 spiro atoms. The van der Waals surface area contributed by atoms with Crippen LogP contribution in [0.15, 0.2) is 0 Å². The first kappa shape index (κ1) is 13.2. The van der Waals surface area contributed by atoms with Gasteiger partial charge in [-0.15, -0.1) is 0 Å². The number of esters is 1. The molecule has 0 unspecified atom stereocenters. The molecule has 4 nitrogen and oxygen atoms in total. The number of ether oxygens (including phenoxy) is 1. The van der Waals surface area contributed by atoms with Crippen LogP contribution in [0, 0.1) is 0 Å². The molecule has 7 heteroatoms. The number of rotatable bonds is 5. The topological polar surface area (TPSA) is 47.6 Å². The van der Waals surface area contributed by atoms with Gasteiger partial charge in [-0.25, -0.2) is 0 Å². The number of carbonyl (C=O) groups is 1. The number of hydroxylamine groups is 1. The summed E-state index contributed by atoms with van der Waals surface area (Å²) in [5, 5.41) is 0. The van der Waals surface area contributed by atoms with Gasteiger partial charge in [-0.2, -0.15) is 18.7 Å². The zero-order chi connectivity index (χ0) is 11.2. The summed E-state index contributed by atoms with van der Waals surface area (Å²) in [4.78, 5) is 14.7. The maximum absolute atomic E-state index is 11.5. The Hall–Kier alpha value is -0.820. The molecule has 1 N–H and O–H groups in total. The van der Waals surface area contributed by atoms with Crippen LogP contribution in [0.25, 0.3) is 0 Å². The molecule has 0 saturated carbocycles. The van der Waals surface area contributed by atoms with Crippen LogP contribution < -0.4 is 5.48 Å². The predicted molar refractivity (Wildman–Crippen MR) is 41.2 cm³/mol. The van der Waals surface area contributed by atoms with Crippen molar-refractivity contribution in [1.82, 2.24) is 5.48 Å². The Bertz CT molecular complexity index is 182. The minimum absolute atomic E-state index is 0.299. The SMILES string of the molecule is CC(C)OC(=O)CNOCC(F)(F)F. The molecular formula is C7H12F3NO3. The van der Waals surface area contributed by atoms with Gasteiger partial charge in [0.2, 0.25) is 0 Å². The second kappa shape index (κ2) is 5.82. The van der Waals surface area contributed by atoms with Gasteiger partial charge in [0.15, 0.2) is 6.61 Å². The largest absolute Gasteiger partial charge is 0.462 e. The van der Waals surface area contributed by atoms with Crippen LogP contribution in [0.2, 0.25) is 0 Å². The number of carbonyl (C=O) groups excluding carboxylic acids is 1. The van der Waals surface area contributed by atoms with Crippen LogP contribution in [0.1, 0.15) is 13.8 Å². The van der Waals surface area contributed by atoms with Crippen LogP contribution in [-0.4, -0.2) is 31.4 Å². The lowest BCUT2D eigenvalue weighted by Crippen LogP contribution is -2.30. The Morgan fingerprint density at radius 1 is 1.43 bits per heavy atom.